The number of allylic oxidation sites excluding steroid dienone is 1. The van der Waals surface area contributed by atoms with Gasteiger partial charge in [-0.25, -0.2) is 0 Å². The van der Waals surface area contributed by atoms with Crippen molar-refractivity contribution in [2.24, 2.45) is 5.41 Å². The second kappa shape index (κ2) is 3.21. The van der Waals surface area contributed by atoms with Gasteiger partial charge < -0.3 is 5.11 Å². The molecule has 0 aromatic carbocycles. The van der Waals surface area contributed by atoms with Crippen molar-refractivity contribution in [1.82, 2.24) is 0 Å². The summed E-state index contributed by atoms with van der Waals surface area (Å²) in [6.07, 6.45) is 2.96. The number of aliphatic hydroxyl groups excluding tert-OH is 1. The molecule has 0 aliphatic heterocycles. The van der Waals surface area contributed by atoms with E-state index in [1.165, 1.54) is 11.1 Å². The zero-order valence-electron chi connectivity index (χ0n) is 8.65. The number of hydrogen-bond acceptors (Lipinski definition) is 1. The average Bonchev–Trinajstić information content (AvgIpc) is 1.99. The molecular formula is C11H20O. The third kappa shape index (κ3) is 1.56. The van der Waals surface area contributed by atoms with E-state index in [-0.39, 0.29) is 6.10 Å². The van der Waals surface area contributed by atoms with Gasteiger partial charge in [-0.05, 0) is 37.2 Å². The molecule has 1 rings (SSSR count). The summed E-state index contributed by atoms with van der Waals surface area (Å²) in [7, 11) is 0. The normalized spacial score (nSPS) is 29.2. The molecule has 1 aliphatic carbocycles. The molecule has 1 aliphatic rings. The third-order valence-corrected chi connectivity index (χ3v) is 3.19. The van der Waals surface area contributed by atoms with Crippen LogP contribution in [0, 0.1) is 5.41 Å². The number of hydrogen-bond donors (Lipinski definition) is 1. The van der Waals surface area contributed by atoms with Gasteiger partial charge in [0.2, 0.25) is 0 Å². The van der Waals surface area contributed by atoms with Crippen LogP contribution in [0.1, 0.15) is 47.0 Å². The van der Waals surface area contributed by atoms with Crippen molar-refractivity contribution < 1.29 is 5.11 Å². The molecule has 1 N–H and O–H groups in total. The molecule has 1 atom stereocenters. The fourth-order valence-electron chi connectivity index (χ4n) is 2.36. The van der Waals surface area contributed by atoms with Crippen LogP contribution >= 0.6 is 0 Å². The summed E-state index contributed by atoms with van der Waals surface area (Å²) < 4.78 is 0. The molecule has 0 spiro atoms. The molecule has 0 heterocycles. The minimum absolute atomic E-state index is 0.173. The largest absolute Gasteiger partial charge is 0.389 e. The quantitative estimate of drug-likeness (QED) is 0.597. The van der Waals surface area contributed by atoms with Gasteiger partial charge >= 0.3 is 0 Å². The van der Waals surface area contributed by atoms with Crippen LogP contribution in [0.4, 0.5) is 0 Å². The Morgan fingerprint density at radius 2 is 2.08 bits per heavy atom. The average molecular weight is 168 g/mol. The number of aliphatic hydroxyl groups is 1. The van der Waals surface area contributed by atoms with Gasteiger partial charge in [0, 0.05) is 0 Å². The van der Waals surface area contributed by atoms with Crippen molar-refractivity contribution in [1.29, 1.82) is 0 Å². The van der Waals surface area contributed by atoms with E-state index in [1.807, 2.05) is 0 Å². The molecule has 0 aromatic heterocycles. The fraction of sp³-hybridized carbons (Fsp3) is 0.818. The van der Waals surface area contributed by atoms with Gasteiger partial charge in [-0.3, -0.25) is 0 Å². The predicted octanol–water partition coefficient (Wildman–Crippen LogP) is 2.89. The standard InChI is InChI=1S/C11H20O/c1-5-9-8(2)10(12)6-7-11(9,3)4/h10,12H,5-7H2,1-4H3. The van der Waals surface area contributed by atoms with E-state index < -0.39 is 0 Å². The van der Waals surface area contributed by atoms with Crippen LogP contribution in [0.25, 0.3) is 0 Å². The zero-order chi connectivity index (χ0) is 9.35. The van der Waals surface area contributed by atoms with Gasteiger partial charge in [0.1, 0.15) is 0 Å². The van der Waals surface area contributed by atoms with E-state index in [0.29, 0.717) is 5.41 Å². The number of rotatable bonds is 1. The minimum atomic E-state index is -0.173. The summed E-state index contributed by atoms with van der Waals surface area (Å²) >= 11 is 0. The van der Waals surface area contributed by atoms with E-state index >= 15 is 0 Å². The van der Waals surface area contributed by atoms with Crippen LogP contribution in [0.2, 0.25) is 0 Å². The van der Waals surface area contributed by atoms with E-state index in [1.54, 1.807) is 0 Å². The lowest BCUT2D eigenvalue weighted by Gasteiger charge is -2.36. The van der Waals surface area contributed by atoms with Crippen LogP contribution in [0.5, 0.6) is 0 Å². The van der Waals surface area contributed by atoms with E-state index in [2.05, 4.69) is 27.7 Å². The maximum Gasteiger partial charge on any atom is 0.0750 e. The Labute approximate surface area is 75.5 Å². The highest BCUT2D eigenvalue weighted by Gasteiger charge is 2.30. The van der Waals surface area contributed by atoms with Crippen LogP contribution in [0.3, 0.4) is 0 Å². The Balaban J connectivity index is 3.01. The molecule has 0 fully saturated rings. The molecular weight excluding hydrogens is 148 g/mol. The topological polar surface area (TPSA) is 20.2 Å². The van der Waals surface area contributed by atoms with Crippen molar-refractivity contribution in [3.05, 3.63) is 11.1 Å². The zero-order valence-corrected chi connectivity index (χ0v) is 8.65. The van der Waals surface area contributed by atoms with Crippen molar-refractivity contribution in [2.75, 3.05) is 0 Å². The summed E-state index contributed by atoms with van der Waals surface area (Å²) in [4.78, 5) is 0. The Morgan fingerprint density at radius 3 is 2.50 bits per heavy atom. The van der Waals surface area contributed by atoms with E-state index in [4.69, 9.17) is 0 Å². The van der Waals surface area contributed by atoms with E-state index in [0.717, 1.165) is 19.3 Å². The SMILES string of the molecule is CCC1=C(C)C(O)CCC1(C)C. The maximum atomic E-state index is 9.65. The minimum Gasteiger partial charge on any atom is -0.389 e. The summed E-state index contributed by atoms with van der Waals surface area (Å²) in [6, 6.07) is 0. The molecule has 1 nitrogen and oxygen atoms in total. The first-order chi connectivity index (χ1) is 5.49. The molecule has 0 saturated heterocycles. The Morgan fingerprint density at radius 1 is 1.50 bits per heavy atom. The lowest BCUT2D eigenvalue weighted by molar-refractivity contribution is 0.159. The lowest BCUT2D eigenvalue weighted by Crippen LogP contribution is -2.27. The van der Waals surface area contributed by atoms with Gasteiger partial charge in [0.15, 0.2) is 0 Å². The van der Waals surface area contributed by atoms with Gasteiger partial charge in [-0.1, -0.05) is 26.3 Å². The highest BCUT2D eigenvalue weighted by molar-refractivity contribution is 5.25. The first kappa shape index (κ1) is 9.79. The van der Waals surface area contributed by atoms with Crippen LogP contribution < -0.4 is 0 Å². The summed E-state index contributed by atoms with van der Waals surface area (Å²) in [5.74, 6) is 0. The second-order valence-corrected chi connectivity index (χ2v) is 4.45. The third-order valence-electron chi connectivity index (χ3n) is 3.19. The first-order valence-electron chi connectivity index (χ1n) is 4.87. The fourth-order valence-corrected chi connectivity index (χ4v) is 2.36. The van der Waals surface area contributed by atoms with Crippen molar-refractivity contribution in [2.45, 2.75) is 53.1 Å². The Bertz CT molecular complexity index is 201. The van der Waals surface area contributed by atoms with Gasteiger partial charge in [0.25, 0.3) is 0 Å². The Hall–Kier alpha value is -0.300. The van der Waals surface area contributed by atoms with E-state index in [9.17, 15) is 5.11 Å². The molecule has 0 aromatic rings. The summed E-state index contributed by atoms with van der Waals surface area (Å²) in [5.41, 5.74) is 2.99. The molecule has 0 radical (unpaired) electrons. The molecule has 1 heteroatoms. The summed E-state index contributed by atoms with van der Waals surface area (Å²) in [6.45, 7) is 8.81. The van der Waals surface area contributed by atoms with Gasteiger partial charge in [-0.2, -0.15) is 0 Å². The predicted molar refractivity (Wildman–Crippen MR) is 52.0 cm³/mol. The molecule has 12 heavy (non-hydrogen) atoms. The van der Waals surface area contributed by atoms with Crippen molar-refractivity contribution >= 4 is 0 Å². The maximum absolute atomic E-state index is 9.65. The van der Waals surface area contributed by atoms with Crippen LogP contribution in [-0.4, -0.2) is 11.2 Å². The van der Waals surface area contributed by atoms with Crippen molar-refractivity contribution in [3.8, 4) is 0 Å². The second-order valence-electron chi connectivity index (χ2n) is 4.45. The van der Waals surface area contributed by atoms with Crippen molar-refractivity contribution in [3.63, 3.8) is 0 Å². The lowest BCUT2D eigenvalue weighted by atomic mass is 9.71. The Kier molecular flexibility index (Phi) is 2.62. The highest BCUT2D eigenvalue weighted by Crippen LogP contribution is 2.41. The van der Waals surface area contributed by atoms with Gasteiger partial charge in [0.05, 0.1) is 6.10 Å². The summed E-state index contributed by atoms with van der Waals surface area (Å²) in [5, 5.41) is 9.65. The molecule has 1 unspecified atom stereocenters. The highest BCUT2D eigenvalue weighted by atomic mass is 16.3. The monoisotopic (exact) mass is 168 g/mol. The van der Waals surface area contributed by atoms with Gasteiger partial charge in [-0.15, -0.1) is 0 Å². The first-order valence-corrected chi connectivity index (χ1v) is 4.87. The molecule has 70 valence electrons. The molecule has 0 amide bonds. The molecule has 0 bridgehead atoms. The van der Waals surface area contributed by atoms with Crippen LogP contribution in [0.15, 0.2) is 11.1 Å². The van der Waals surface area contributed by atoms with Crippen LogP contribution in [-0.2, 0) is 0 Å². The smallest absolute Gasteiger partial charge is 0.0750 e. The molecule has 0 saturated carbocycles.